The van der Waals surface area contributed by atoms with E-state index in [4.69, 9.17) is 10.9 Å². The zero-order chi connectivity index (χ0) is 16.4. The topological polar surface area (TPSA) is 132 Å². The molecule has 1 aromatic carbocycles. The Bertz CT molecular complexity index is 740. The second-order valence-electron chi connectivity index (χ2n) is 5.00. The van der Waals surface area contributed by atoms with Crippen LogP contribution < -0.4 is 15.6 Å². The smallest absolute Gasteiger partial charge is 0.241 e. The zero-order valence-electron chi connectivity index (χ0n) is 12.3. The van der Waals surface area contributed by atoms with Crippen LogP contribution in [0.15, 0.2) is 11.0 Å². The molecule has 5 N–H and O–H groups in total. The molecule has 0 saturated carbocycles. The van der Waals surface area contributed by atoms with E-state index in [1.807, 2.05) is 6.92 Å². The van der Waals surface area contributed by atoms with Gasteiger partial charge in [0.05, 0.1) is 10.6 Å². The predicted molar refractivity (Wildman–Crippen MR) is 82.8 cm³/mol. The van der Waals surface area contributed by atoms with Crippen LogP contribution in [-0.4, -0.2) is 29.1 Å². The fourth-order valence-corrected chi connectivity index (χ4v) is 4.25. The molecule has 0 unspecified atom stereocenters. The lowest BCUT2D eigenvalue weighted by atomic mass is 10.1. The van der Waals surface area contributed by atoms with Gasteiger partial charge >= 0.3 is 0 Å². The highest BCUT2D eigenvalue weighted by Gasteiger charge is 2.21. The number of hydrogen-bond acceptors (Lipinski definition) is 5. The van der Waals surface area contributed by atoms with Gasteiger partial charge in [0.15, 0.2) is 0 Å². The molecule has 0 aliphatic heterocycles. The fourth-order valence-electron chi connectivity index (χ4n) is 2.15. The van der Waals surface area contributed by atoms with Gasteiger partial charge in [-0.2, -0.15) is 0 Å². The van der Waals surface area contributed by atoms with Gasteiger partial charge in [-0.3, -0.25) is 0 Å². The number of sulfonamides is 2. The number of rotatable bonds is 6. The summed E-state index contributed by atoms with van der Waals surface area (Å²) >= 11 is 0. The van der Waals surface area contributed by atoms with Crippen molar-refractivity contribution >= 4 is 25.7 Å². The third kappa shape index (κ3) is 4.67. The summed E-state index contributed by atoms with van der Waals surface area (Å²) in [6.07, 6.45) is 0.109. The van der Waals surface area contributed by atoms with Gasteiger partial charge in [-0.05, 0) is 43.9 Å². The van der Waals surface area contributed by atoms with Crippen molar-refractivity contribution in [2.24, 2.45) is 5.14 Å². The maximum Gasteiger partial charge on any atom is 0.241 e. The SMILES string of the molecule is Cc1cc(C)c(S(=O)(=O)NCCCS(N)(=O)=O)c(C)c1N. The molecule has 9 heteroatoms. The Balaban J connectivity index is 2.97. The molecule has 1 aromatic rings. The molecular weight excluding hydrogens is 314 g/mol. The highest BCUT2D eigenvalue weighted by atomic mass is 32.2. The van der Waals surface area contributed by atoms with Crippen molar-refractivity contribution in [1.29, 1.82) is 0 Å². The lowest BCUT2D eigenvalue weighted by molar-refractivity contribution is 0.575. The maximum atomic E-state index is 12.3. The van der Waals surface area contributed by atoms with E-state index < -0.39 is 20.0 Å². The summed E-state index contributed by atoms with van der Waals surface area (Å²) in [6, 6.07) is 1.71. The standard InChI is InChI=1S/C12H21N3O4S2/c1-8-7-9(2)12(10(3)11(8)13)21(18,19)15-5-4-6-20(14,16)17/h7,15H,4-6,13H2,1-3H3,(H2,14,16,17). The normalized spacial score (nSPS) is 12.6. The van der Waals surface area contributed by atoms with Gasteiger partial charge in [0.2, 0.25) is 20.0 Å². The first-order chi connectivity index (χ1) is 9.46. The van der Waals surface area contributed by atoms with Crippen molar-refractivity contribution in [2.75, 3.05) is 18.0 Å². The lowest BCUT2D eigenvalue weighted by Crippen LogP contribution is -2.28. The number of aryl methyl sites for hydroxylation is 2. The monoisotopic (exact) mass is 335 g/mol. The van der Waals surface area contributed by atoms with Crippen LogP contribution in [0.1, 0.15) is 23.1 Å². The molecule has 0 aromatic heterocycles. The number of benzene rings is 1. The number of nitrogen functional groups attached to an aromatic ring is 1. The van der Waals surface area contributed by atoms with Crippen molar-refractivity contribution in [3.8, 4) is 0 Å². The molecule has 21 heavy (non-hydrogen) atoms. The van der Waals surface area contributed by atoms with Gasteiger partial charge in [-0.1, -0.05) is 6.07 Å². The van der Waals surface area contributed by atoms with Gasteiger partial charge < -0.3 is 5.73 Å². The molecule has 0 fully saturated rings. The molecule has 0 amide bonds. The van der Waals surface area contributed by atoms with Gasteiger partial charge in [-0.15, -0.1) is 0 Å². The van der Waals surface area contributed by atoms with Crippen LogP contribution in [0.5, 0.6) is 0 Å². The van der Waals surface area contributed by atoms with E-state index in [-0.39, 0.29) is 23.6 Å². The molecule has 0 spiro atoms. The average molecular weight is 335 g/mol. The van der Waals surface area contributed by atoms with E-state index in [9.17, 15) is 16.8 Å². The molecule has 0 aliphatic rings. The fraction of sp³-hybridized carbons (Fsp3) is 0.500. The van der Waals surface area contributed by atoms with E-state index >= 15 is 0 Å². The first kappa shape index (κ1) is 17.9. The van der Waals surface area contributed by atoms with Crippen molar-refractivity contribution in [2.45, 2.75) is 32.1 Å². The van der Waals surface area contributed by atoms with Crippen LogP contribution in [0.4, 0.5) is 5.69 Å². The number of nitrogens with one attached hydrogen (secondary N) is 1. The van der Waals surface area contributed by atoms with Crippen LogP contribution in [0.2, 0.25) is 0 Å². The van der Waals surface area contributed by atoms with Crippen LogP contribution in [0.25, 0.3) is 0 Å². The second-order valence-corrected chi connectivity index (χ2v) is 8.43. The Morgan fingerprint density at radius 2 is 1.67 bits per heavy atom. The third-order valence-electron chi connectivity index (χ3n) is 3.13. The molecule has 0 heterocycles. The molecular formula is C12H21N3O4S2. The van der Waals surface area contributed by atoms with Crippen LogP contribution in [0, 0.1) is 20.8 Å². The molecule has 0 radical (unpaired) electrons. The minimum atomic E-state index is -3.74. The summed E-state index contributed by atoms with van der Waals surface area (Å²) in [5.41, 5.74) is 8.21. The Morgan fingerprint density at radius 1 is 1.10 bits per heavy atom. The summed E-state index contributed by atoms with van der Waals surface area (Å²) in [7, 11) is -7.33. The van der Waals surface area contributed by atoms with E-state index in [1.54, 1.807) is 19.9 Å². The minimum Gasteiger partial charge on any atom is -0.398 e. The number of primary sulfonamides is 1. The largest absolute Gasteiger partial charge is 0.398 e. The summed E-state index contributed by atoms with van der Waals surface area (Å²) in [4.78, 5) is 0.140. The highest BCUT2D eigenvalue weighted by molar-refractivity contribution is 7.89. The van der Waals surface area contributed by atoms with Crippen molar-refractivity contribution < 1.29 is 16.8 Å². The Morgan fingerprint density at radius 3 is 2.19 bits per heavy atom. The van der Waals surface area contributed by atoms with Crippen molar-refractivity contribution in [3.05, 3.63) is 22.8 Å². The van der Waals surface area contributed by atoms with Crippen LogP contribution in [-0.2, 0) is 20.0 Å². The third-order valence-corrected chi connectivity index (χ3v) is 5.73. The van der Waals surface area contributed by atoms with Gasteiger partial charge in [0.25, 0.3) is 0 Å². The van der Waals surface area contributed by atoms with E-state index in [0.717, 1.165) is 5.56 Å². The predicted octanol–water partition coefficient (Wildman–Crippen LogP) is 0.151. The Kier molecular flexibility index (Phi) is 5.37. The minimum absolute atomic E-state index is 0.00851. The van der Waals surface area contributed by atoms with E-state index in [0.29, 0.717) is 16.8 Å². The summed E-state index contributed by atoms with van der Waals surface area (Å²) in [5.74, 6) is -0.274. The van der Waals surface area contributed by atoms with Crippen LogP contribution >= 0.6 is 0 Å². The highest BCUT2D eigenvalue weighted by Crippen LogP contribution is 2.27. The molecule has 0 bridgehead atoms. The molecule has 0 saturated heterocycles. The summed E-state index contributed by atoms with van der Waals surface area (Å²) in [6.45, 7) is 5.14. The molecule has 1 rings (SSSR count). The van der Waals surface area contributed by atoms with Gasteiger partial charge in [0.1, 0.15) is 0 Å². The van der Waals surface area contributed by atoms with Gasteiger partial charge in [-0.25, -0.2) is 26.7 Å². The average Bonchev–Trinajstić information content (AvgIpc) is 2.30. The molecule has 0 atom stereocenters. The number of anilines is 1. The van der Waals surface area contributed by atoms with Crippen molar-refractivity contribution in [1.82, 2.24) is 4.72 Å². The second kappa shape index (κ2) is 6.30. The van der Waals surface area contributed by atoms with E-state index in [1.165, 1.54) is 0 Å². The van der Waals surface area contributed by atoms with Crippen molar-refractivity contribution in [3.63, 3.8) is 0 Å². The quantitative estimate of drug-likeness (QED) is 0.503. The van der Waals surface area contributed by atoms with Gasteiger partial charge in [0, 0.05) is 12.2 Å². The lowest BCUT2D eigenvalue weighted by Gasteiger charge is -2.15. The maximum absolute atomic E-state index is 12.3. The summed E-state index contributed by atoms with van der Waals surface area (Å²) in [5, 5.41) is 4.86. The van der Waals surface area contributed by atoms with E-state index in [2.05, 4.69) is 4.72 Å². The Hall–Kier alpha value is -1.16. The molecule has 7 nitrogen and oxygen atoms in total. The Labute approximate surface area is 125 Å². The zero-order valence-corrected chi connectivity index (χ0v) is 13.9. The van der Waals surface area contributed by atoms with Crippen LogP contribution in [0.3, 0.4) is 0 Å². The molecule has 120 valence electrons. The number of nitrogens with two attached hydrogens (primary N) is 2. The first-order valence-corrected chi connectivity index (χ1v) is 9.52. The summed E-state index contributed by atoms with van der Waals surface area (Å²) < 4.78 is 48.6. The number of hydrogen-bond donors (Lipinski definition) is 3. The molecule has 0 aliphatic carbocycles. The first-order valence-electron chi connectivity index (χ1n) is 6.32.